The van der Waals surface area contributed by atoms with Crippen LogP contribution < -0.4 is 5.73 Å². The number of hydrogen-bond donors (Lipinski definition) is 1. The lowest BCUT2D eigenvalue weighted by Crippen LogP contribution is -2.48. The van der Waals surface area contributed by atoms with E-state index in [1.807, 2.05) is 0 Å². The number of amides is 1. The summed E-state index contributed by atoms with van der Waals surface area (Å²) in [6, 6.07) is 4.95. The Bertz CT molecular complexity index is 878. The largest absolute Gasteiger partial charge is 0.369 e. The van der Waals surface area contributed by atoms with Gasteiger partial charge in [-0.25, -0.2) is 16.8 Å². The molecule has 152 valence electrons. The second-order valence-corrected chi connectivity index (χ2v) is 10.5. The highest BCUT2D eigenvalue weighted by Gasteiger charge is 2.37. The van der Waals surface area contributed by atoms with Gasteiger partial charge in [0, 0.05) is 25.7 Å². The molecule has 0 saturated carbocycles. The Morgan fingerprint density at radius 3 is 2.07 bits per heavy atom. The number of rotatable bonds is 7. The molecular formula is C17H27N3O5S2. The topological polar surface area (TPSA) is 118 Å². The van der Waals surface area contributed by atoms with Crippen LogP contribution in [-0.4, -0.2) is 57.0 Å². The number of piperidine rings is 1. The van der Waals surface area contributed by atoms with Crippen LogP contribution in [0.4, 0.5) is 0 Å². The quantitative estimate of drug-likeness (QED) is 0.710. The van der Waals surface area contributed by atoms with Gasteiger partial charge in [0.15, 0.2) is 0 Å². The van der Waals surface area contributed by atoms with Crippen molar-refractivity contribution < 1.29 is 21.6 Å². The summed E-state index contributed by atoms with van der Waals surface area (Å²) >= 11 is 0. The summed E-state index contributed by atoms with van der Waals surface area (Å²) in [5, 5.41) is 0. The van der Waals surface area contributed by atoms with Gasteiger partial charge in [0.1, 0.15) is 0 Å². The number of carbonyl (C=O) groups is 1. The average molecular weight is 418 g/mol. The predicted octanol–water partition coefficient (Wildman–Crippen LogP) is 0.992. The van der Waals surface area contributed by atoms with Crippen molar-refractivity contribution in [1.29, 1.82) is 0 Å². The maximum Gasteiger partial charge on any atom is 0.243 e. The zero-order valence-electron chi connectivity index (χ0n) is 15.8. The van der Waals surface area contributed by atoms with Crippen LogP contribution in [0.1, 0.15) is 33.6 Å². The van der Waals surface area contributed by atoms with Crippen LogP contribution in [-0.2, 0) is 24.8 Å². The Morgan fingerprint density at radius 2 is 1.59 bits per heavy atom. The molecule has 1 aromatic carbocycles. The minimum absolute atomic E-state index is 0.00188. The van der Waals surface area contributed by atoms with Crippen LogP contribution in [0.25, 0.3) is 0 Å². The van der Waals surface area contributed by atoms with E-state index in [9.17, 15) is 21.6 Å². The molecule has 1 aliphatic heterocycles. The molecule has 2 N–H and O–H groups in total. The van der Waals surface area contributed by atoms with Crippen LogP contribution in [0, 0.1) is 5.92 Å². The Hall–Kier alpha value is -1.49. The van der Waals surface area contributed by atoms with Gasteiger partial charge in [-0.2, -0.15) is 8.61 Å². The fourth-order valence-corrected chi connectivity index (χ4v) is 6.44. The van der Waals surface area contributed by atoms with Gasteiger partial charge in [0.05, 0.1) is 15.7 Å². The van der Waals surface area contributed by atoms with Crippen molar-refractivity contribution in [3.63, 3.8) is 0 Å². The Balaban J connectivity index is 2.33. The first-order valence-corrected chi connectivity index (χ1v) is 11.8. The highest BCUT2D eigenvalue weighted by Crippen LogP contribution is 2.29. The van der Waals surface area contributed by atoms with Crippen molar-refractivity contribution in [3.8, 4) is 0 Å². The molecule has 1 saturated heterocycles. The van der Waals surface area contributed by atoms with Crippen LogP contribution in [0.15, 0.2) is 34.1 Å². The minimum atomic E-state index is -3.85. The molecule has 10 heteroatoms. The number of nitrogens with zero attached hydrogens (tertiary/aromatic N) is 2. The zero-order chi connectivity index (χ0) is 20.4. The van der Waals surface area contributed by atoms with Gasteiger partial charge in [-0.05, 0) is 44.0 Å². The van der Waals surface area contributed by atoms with Crippen molar-refractivity contribution >= 4 is 26.0 Å². The number of hydrogen-bond acceptors (Lipinski definition) is 5. The lowest BCUT2D eigenvalue weighted by atomic mass is 9.95. The van der Waals surface area contributed by atoms with Gasteiger partial charge in [-0.3, -0.25) is 4.79 Å². The van der Waals surface area contributed by atoms with E-state index in [1.165, 1.54) is 32.9 Å². The summed E-state index contributed by atoms with van der Waals surface area (Å²) in [6.07, 6.45) is 1.10. The molecule has 2 rings (SSSR count). The van der Waals surface area contributed by atoms with Crippen LogP contribution in [0.2, 0.25) is 0 Å². The predicted molar refractivity (Wildman–Crippen MR) is 102 cm³/mol. The molecule has 27 heavy (non-hydrogen) atoms. The zero-order valence-corrected chi connectivity index (χ0v) is 17.5. The SMILES string of the molecule is CCN(CC)S(=O)(=O)c1ccc(S(=O)(=O)N2C[C@H](C(N)=O)CC[C@@H]2C)cc1. The van der Waals surface area contributed by atoms with E-state index < -0.39 is 31.9 Å². The van der Waals surface area contributed by atoms with E-state index in [-0.39, 0.29) is 22.4 Å². The number of nitrogens with two attached hydrogens (primary N) is 1. The third kappa shape index (κ3) is 4.34. The Labute approximate surface area is 161 Å². The Kier molecular flexibility index (Phi) is 6.67. The number of sulfonamides is 2. The molecule has 2 atom stereocenters. The van der Waals surface area contributed by atoms with Crippen LogP contribution in [0.3, 0.4) is 0 Å². The molecule has 0 aliphatic carbocycles. The smallest absolute Gasteiger partial charge is 0.243 e. The molecule has 0 aromatic heterocycles. The first-order valence-electron chi connectivity index (χ1n) is 8.97. The fraction of sp³-hybridized carbons (Fsp3) is 0.588. The normalized spacial score (nSPS) is 22.1. The van der Waals surface area contributed by atoms with E-state index in [0.717, 1.165) is 0 Å². The van der Waals surface area contributed by atoms with Gasteiger partial charge in [0.2, 0.25) is 26.0 Å². The molecule has 1 aromatic rings. The molecule has 1 aliphatic rings. The summed E-state index contributed by atoms with van der Waals surface area (Å²) in [5.41, 5.74) is 5.35. The summed E-state index contributed by atoms with van der Waals surface area (Å²) < 4.78 is 53.6. The van der Waals surface area contributed by atoms with Gasteiger partial charge < -0.3 is 5.73 Å². The van der Waals surface area contributed by atoms with Crippen molar-refractivity contribution in [2.24, 2.45) is 11.7 Å². The van der Waals surface area contributed by atoms with Gasteiger partial charge in [0.25, 0.3) is 0 Å². The van der Waals surface area contributed by atoms with Crippen molar-refractivity contribution in [2.45, 2.75) is 49.4 Å². The fourth-order valence-electron chi connectivity index (χ4n) is 3.27. The molecule has 0 spiro atoms. The summed E-state index contributed by atoms with van der Waals surface area (Å²) in [7, 11) is -7.51. The molecule has 1 amide bonds. The molecule has 1 fully saturated rings. The highest BCUT2D eigenvalue weighted by molar-refractivity contribution is 7.89. The van der Waals surface area contributed by atoms with Gasteiger partial charge in [-0.15, -0.1) is 0 Å². The van der Waals surface area contributed by atoms with Gasteiger partial charge >= 0.3 is 0 Å². The van der Waals surface area contributed by atoms with E-state index in [1.54, 1.807) is 20.8 Å². The molecular weight excluding hydrogens is 390 g/mol. The Morgan fingerprint density at radius 1 is 1.07 bits per heavy atom. The molecule has 0 unspecified atom stereocenters. The van der Waals surface area contributed by atoms with E-state index in [2.05, 4.69) is 0 Å². The number of carbonyl (C=O) groups excluding carboxylic acids is 1. The molecule has 8 nitrogen and oxygen atoms in total. The third-order valence-corrected chi connectivity index (χ3v) is 9.06. The van der Waals surface area contributed by atoms with E-state index in [4.69, 9.17) is 5.73 Å². The minimum Gasteiger partial charge on any atom is -0.369 e. The van der Waals surface area contributed by atoms with Crippen molar-refractivity contribution in [1.82, 2.24) is 8.61 Å². The average Bonchev–Trinajstić information content (AvgIpc) is 2.62. The maximum atomic E-state index is 13.0. The molecule has 1 heterocycles. The number of primary amides is 1. The molecule has 0 bridgehead atoms. The van der Waals surface area contributed by atoms with Gasteiger partial charge in [-0.1, -0.05) is 13.8 Å². The second kappa shape index (κ2) is 8.26. The van der Waals surface area contributed by atoms with Crippen LogP contribution >= 0.6 is 0 Å². The lowest BCUT2D eigenvalue weighted by molar-refractivity contribution is -0.123. The highest BCUT2D eigenvalue weighted by atomic mass is 32.2. The van der Waals surface area contributed by atoms with Crippen LogP contribution in [0.5, 0.6) is 0 Å². The standard InChI is InChI=1S/C17H27N3O5S2/c1-4-19(5-2)26(22,23)15-8-10-16(11-9-15)27(24,25)20-12-14(17(18)21)7-6-13(20)3/h8-11,13-14H,4-7,12H2,1-3H3,(H2,18,21)/t13-,14+/m0/s1. The summed E-state index contributed by atoms with van der Waals surface area (Å²) in [6.45, 7) is 5.98. The second-order valence-electron chi connectivity index (χ2n) is 6.66. The van der Waals surface area contributed by atoms with Crippen molar-refractivity contribution in [3.05, 3.63) is 24.3 Å². The summed E-state index contributed by atoms with van der Waals surface area (Å²) in [5.74, 6) is -1.03. The number of benzene rings is 1. The first-order chi connectivity index (χ1) is 12.6. The monoisotopic (exact) mass is 417 g/mol. The third-order valence-electron chi connectivity index (χ3n) is 5.00. The lowest BCUT2D eigenvalue weighted by Gasteiger charge is -2.35. The van der Waals surface area contributed by atoms with E-state index in [0.29, 0.717) is 25.9 Å². The summed E-state index contributed by atoms with van der Waals surface area (Å²) in [4.78, 5) is 11.5. The first kappa shape index (κ1) is 21.8. The maximum absolute atomic E-state index is 13.0. The van der Waals surface area contributed by atoms with E-state index >= 15 is 0 Å². The van der Waals surface area contributed by atoms with Crippen molar-refractivity contribution in [2.75, 3.05) is 19.6 Å². The molecule has 0 radical (unpaired) electrons.